The second-order valence-electron chi connectivity index (χ2n) is 7.04. The maximum atomic E-state index is 13.4. The number of carboxylic acids is 1. The minimum absolute atomic E-state index is 0.135. The number of aryl methyl sites for hydroxylation is 1. The molecule has 2 aromatic carbocycles. The van der Waals surface area contributed by atoms with Gasteiger partial charge in [-0.3, -0.25) is 18.7 Å². The van der Waals surface area contributed by atoms with Gasteiger partial charge in [0.15, 0.2) is 16.3 Å². The number of thioether (sulfide) groups is 1. The molecule has 2 aromatic heterocycles. The number of fused-ring (bicyclic) bond motifs is 1. The van der Waals surface area contributed by atoms with Crippen LogP contribution in [0.15, 0.2) is 75.4 Å². The SMILES string of the molecule is Cn1c(=O)n(Cc2ccccc2)c(=O)c2c1nc(SCC(=O)O)n2Cc1ccccc1. The Morgan fingerprint density at radius 3 is 2.03 bits per heavy atom. The molecular formula is C22H20N4O4S. The zero-order valence-electron chi connectivity index (χ0n) is 16.8. The third kappa shape index (κ3) is 4.17. The highest BCUT2D eigenvalue weighted by atomic mass is 32.2. The molecule has 158 valence electrons. The van der Waals surface area contributed by atoms with Crippen molar-refractivity contribution in [3.63, 3.8) is 0 Å². The average Bonchev–Trinajstić information content (AvgIpc) is 3.13. The maximum absolute atomic E-state index is 13.4. The van der Waals surface area contributed by atoms with Crippen LogP contribution in [0.5, 0.6) is 0 Å². The summed E-state index contributed by atoms with van der Waals surface area (Å²) in [6.45, 7) is 0.467. The molecule has 0 saturated carbocycles. The third-order valence-corrected chi connectivity index (χ3v) is 5.85. The van der Waals surface area contributed by atoms with Gasteiger partial charge in [-0.2, -0.15) is 0 Å². The van der Waals surface area contributed by atoms with E-state index in [0.717, 1.165) is 22.9 Å². The van der Waals surface area contributed by atoms with Gasteiger partial charge in [0, 0.05) is 7.05 Å². The number of aromatic nitrogens is 4. The van der Waals surface area contributed by atoms with Gasteiger partial charge in [-0.1, -0.05) is 72.4 Å². The molecule has 0 saturated heterocycles. The summed E-state index contributed by atoms with van der Waals surface area (Å²) >= 11 is 1.02. The summed E-state index contributed by atoms with van der Waals surface area (Å²) in [5.74, 6) is -1.19. The Hall–Kier alpha value is -3.59. The van der Waals surface area contributed by atoms with Crippen LogP contribution in [-0.2, 0) is 24.9 Å². The van der Waals surface area contributed by atoms with E-state index in [9.17, 15) is 14.4 Å². The molecule has 4 rings (SSSR count). The Labute approximate surface area is 181 Å². The van der Waals surface area contributed by atoms with Gasteiger partial charge in [-0.05, 0) is 11.1 Å². The summed E-state index contributed by atoms with van der Waals surface area (Å²) in [4.78, 5) is 41.9. The lowest BCUT2D eigenvalue weighted by Gasteiger charge is -2.11. The maximum Gasteiger partial charge on any atom is 0.332 e. The van der Waals surface area contributed by atoms with E-state index in [1.165, 1.54) is 9.13 Å². The number of nitrogens with zero attached hydrogens (tertiary/aromatic N) is 4. The monoisotopic (exact) mass is 436 g/mol. The van der Waals surface area contributed by atoms with Gasteiger partial charge >= 0.3 is 11.7 Å². The molecule has 0 spiro atoms. The van der Waals surface area contributed by atoms with E-state index in [1.54, 1.807) is 11.6 Å². The summed E-state index contributed by atoms with van der Waals surface area (Å²) in [6.07, 6.45) is 0. The molecule has 0 fully saturated rings. The predicted octanol–water partition coefficient (Wildman–Crippen LogP) is 2.17. The molecule has 0 amide bonds. The Balaban J connectivity index is 1.92. The first-order valence-corrected chi connectivity index (χ1v) is 10.6. The van der Waals surface area contributed by atoms with Crippen LogP contribution in [0.1, 0.15) is 11.1 Å². The molecule has 0 bridgehead atoms. The molecule has 0 atom stereocenters. The van der Waals surface area contributed by atoms with E-state index in [4.69, 9.17) is 5.11 Å². The lowest BCUT2D eigenvalue weighted by Crippen LogP contribution is -2.40. The Morgan fingerprint density at radius 1 is 0.935 bits per heavy atom. The van der Waals surface area contributed by atoms with Crippen LogP contribution < -0.4 is 11.2 Å². The molecule has 8 nitrogen and oxygen atoms in total. The summed E-state index contributed by atoms with van der Waals surface area (Å²) in [6, 6.07) is 18.8. The molecular weight excluding hydrogens is 416 g/mol. The summed E-state index contributed by atoms with van der Waals surface area (Å²) in [5.41, 5.74) is 1.35. The van der Waals surface area contributed by atoms with Crippen LogP contribution in [0.3, 0.4) is 0 Å². The topological polar surface area (TPSA) is 99.1 Å². The van der Waals surface area contributed by atoms with Gasteiger partial charge in [0.05, 0.1) is 18.8 Å². The lowest BCUT2D eigenvalue weighted by atomic mass is 10.2. The lowest BCUT2D eigenvalue weighted by molar-refractivity contribution is -0.133. The number of imidazole rings is 1. The van der Waals surface area contributed by atoms with Crippen molar-refractivity contribution in [2.45, 2.75) is 18.2 Å². The van der Waals surface area contributed by atoms with Crippen molar-refractivity contribution in [3.05, 3.63) is 92.6 Å². The van der Waals surface area contributed by atoms with Gasteiger partial charge in [0.2, 0.25) is 0 Å². The second kappa shape index (κ2) is 8.65. The van der Waals surface area contributed by atoms with Crippen LogP contribution in [0.25, 0.3) is 11.2 Å². The first-order chi connectivity index (χ1) is 15.0. The van der Waals surface area contributed by atoms with Crippen molar-refractivity contribution in [1.82, 2.24) is 18.7 Å². The van der Waals surface area contributed by atoms with E-state index >= 15 is 0 Å². The van der Waals surface area contributed by atoms with Crippen molar-refractivity contribution in [1.29, 1.82) is 0 Å². The van der Waals surface area contributed by atoms with E-state index < -0.39 is 17.2 Å². The molecule has 0 aliphatic carbocycles. The van der Waals surface area contributed by atoms with Crippen molar-refractivity contribution in [2.75, 3.05) is 5.75 Å². The normalized spacial score (nSPS) is 11.1. The van der Waals surface area contributed by atoms with Crippen molar-refractivity contribution < 1.29 is 9.90 Å². The fourth-order valence-electron chi connectivity index (χ4n) is 3.41. The second-order valence-corrected chi connectivity index (χ2v) is 7.98. The zero-order valence-corrected chi connectivity index (χ0v) is 17.6. The number of rotatable bonds is 7. The summed E-state index contributed by atoms with van der Waals surface area (Å²) in [5, 5.41) is 9.49. The third-order valence-electron chi connectivity index (χ3n) is 4.89. The highest BCUT2D eigenvalue weighted by molar-refractivity contribution is 7.99. The first kappa shape index (κ1) is 20.7. The number of carbonyl (C=O) groups is 1. The Kier molecular flexibility index (Phi) is 5.77. The van der Waals surface area contributed by atoms with Gasteiger partial charge in [0.25, 0.3) is 5.56 Å². The molecule has 0 aliphatic rings. The number of aliphatic carboxylic acids is 1. The summed E-state index contributed by atoms with van der Waals surface area (Å²) < 4.78 is 4.22. The first-order valence-electron chi connectivity index (χ1n) is 9.58. The van der Waals surface area contributed by atoms with Gasteiger partial charge in [0.1, 0.15) is 0 Å². The van der Waals surface area contributed by atoms with E-state index in [0.29, 0.717) is 11.7 Å². The fraction of sp³-hybridized carbons (Fsp3) is 0.182. The minimum atomic E-state index is -0.987. The van der Waals surface area contributed by atoms with E-state index in [2.05, 4.69) is 4.98 Å². The van der Waals surface area contributed by atoms with Crippen LogP contribution >= 0.6 is 11.8 Å². The molecule has 0 radical (unpaired) electrons. The molecule has 0 unspecified atom stereocenters. The van der Waals surface area contributed by atoms with Crippen molar-refractivity contribution in [2.24, 2.45) is 7.05 Å². The van der Waals surface area contributed by atoms with Crippen LogP contribution in [0.4, 0.5) is 0 Å². The smallest absolute Gasteiger partial charge is 0.332 e. The molecule has 31 heavy (non-hydrogen) atoms. The summed E-state index contributed by atoms with van der Waals surface area (Å²) in [7, 11) is 1.57. The van der Waals surface area contributed by atoms with Gasteiger partial charge in [-0.15, -0.1) is 0 Å². The van der Waals surface area contributed by atoms with Gasteiger partial charge in [-0.25, -0.2) is 9.78 Å². The molecule has 2 heterocycles. The van der Waals surface area contributed by atoms with E-state index in [1.807, 2.05) is 60.7 Å². The number of carboxylic acid groups (broad SMARTS) is 1. The highest BCUT2D eigenvalue weighted by Crippen LogP contribution is 2.23. The largest absolute Gasteiger partial charge is 0.481 e. The standard InChI is InChI=1S/C22H20N4O4S/c1-24-19-18(20(29)26(22(24)30)13-16-10-6-3-7-11-16)25(12-15-8-4-2-5-9-15)21(23-19)31-14-17(27)28/h2-11H,12-14H2,1H3,(H,27,28). The quantitative estimate of drug-likeness (QED) is 0.446. The fourth-order valence-corrected chi connectivity index (χ4v) is 4.12. The number of hydrogen-bond acceptors (Lipinski definition) is 5. The van der Waals surface area contributed by atoms with Crippen molar-refractivity contribution in [3.8, 4) is 0 Å². The van der Waals surface area contributed by atoms with E-state index in [-0.39, 0.29) is 23.5 Å². The molecule has 4 aromatic rings. The highest BCUT2D eigenvalue weighted by Gasteiger charge is 2.21. The van der Waals surface area contributed by atoms with Crippen LogP contribution in [0.2, 0.25) is 0 Å². The Morgan fingerprint density at radius 2 is 1.48 bits per heavy atom. The number of hydrogen-bond donors (Lipinski definition) is 1. The van der Waals surface area contributed by atoms with Gasteiger partial charge < -0.3 is 9.67 Å². The van der Waals surface area contributed by atoms with Crippen LogP contribution in [0, 0.1) is 0 Å². The average molecular weight is 436 g/mol. The molecule has 0 aliphatic heterocycles. The van der Waals surface area contributed by atoms with Crippen molar-refractivity contribution >= 4 is 28.9 Å². The molecule has 9 heteroatoms. The predicted molar refractivity (Wildman–Crippen MR) is 119 cm³/mol. The van der Waals surface area contributed by atoms with Crippen LogP contribution in [-0.4, -0.2) is 35.5 Å². The molecule has 1 N–H and O–H groups in total. The minimum Gasteiger partial charge on any atom is -0.481 e. The Bertz CT molecular complexity index is 1360. The number of benzene rings is 2. The zero-order chi connectivity index (χ0) is 22.0.